The molecule has 10 heteroatoms. The second kappa shape index (κ2) is 6.31. The van der Waals surface area contributed by atoms with Gasteiger partial charge in [0.1, 0.15) is 10.6 Å². The predicted molar refractivity (Wildman–Crippen MR) is 67.1 cm³/mol. The van der Waals surface area contributed by atoms with Crippen LogP contribution >= 0.6 is 0 Å². The first-order valence-electron chi connectivity index (χ1n) is 5.60. The second-order valence-corrected chi connectivity index (χ2v) is 5.56. The van der Waals surface area contributed by atoms with Crippen LogP contribution in [0.2, 0.25) is 0 Å². The highest BCUT2D eigenvalue weighted by Gasteiger charge is 2.38. The number of nitrogens with one attached hydrogen (secondary N) is 1. The Morgan fingerprint density at radius 1 is 1.38 bits per heavy atom. The smallest absolute Gasteiger partial charge is 0.471 e. The number of hydrogen-bond acceptors (Lipinski definition) is 4. The summed E-state index contributed by atoms with van der Waals surface area (Å²) in [7, 11) is -2.77. The maximum Gasteiger partial charge on any atom is 0.471 e. The molecule has 1 aromatic rings. The van der Waals surface area contributed by atoms with E-state index >= 15 is 0 Å². The van der Waals surface area contributed by atoms with Gasteiger partial charge in [-0.05, 0) is 24.1 Å². The number of carbonyl (C=O) groups excluding carboxylic acids is 1. The van der Waals surface area contributed by atoms with Gasteiger partial charge in [0.25, 0.3) is 0 Å². The van der Waals surface area contributed by atoms with Crippen LogP contribution in [0.25, 0.3) is 0 Å². The number of ether oxygens (including phenoxy) is 1. The van der Waals surface area contributed by atoms with Gasteiger partial charge < -0.3 is 10.1 Å². The highest BCUT2D eigenvalue weighted by Crippen LogP contribution is 2.23. The fourth-order valence-corrected chi connectivity index (χ4v) is 2.27. The lowest BCUT2D eigenvalue weighted by molar-refractivity contribution is -0.173. The number of benzene rings is 1. The monoisotopic (exact) mass is 326 g/mol. The quantitative estimate of drug-likeness (QED) is 0.826. The Labute approximate surface area is 119 Å². The maximum atomic E-state index is 12.0. The molecule has 6 nitrogen and oxygen atoms in total. The Morgan fingerprint density at radius 3 is 2.48 bits per heavy atom. The zero-order valence-corrected chi connectivity index (χ0v) is 11.7. The Morgan fingerprint density at radius 2 is 2.00 bits per heavy atom. The lowest BCUT2D eigenvalue weighted by atomic mass is 10.1. The molecule has 0 saturated carbocycles. The molecule has 0 aliphatic heterocycles. The van der Waals surface area contributed by atoms with Gasteiger partial charge in [-0.3, -0.25) is 4.79 Å². The third-order valence-electron chi connectivity index (χ3n) is 2.49. The van der Waals surface area contributed by atoms with Crippen molar-refractivity contribution >= 4 is 15.9 Å². The Hall–Kier alpha value is -1.81. The van der Waals surface area contributed by atoms with Gasteiger partial charge in [0.15, 0.2) is 0 Å². The first kappa shape index (κ1) is 17.2. The number of sulfonamides is 1. The van der Waals surface area contributed by atoms with E-state index in [1.54, 1.807) is 5.32 Å². The van der Waals surface area contributed by atoms with Crippen molar-refractivity contribution in [2.24, 2.45) is 5.14 Å². The second-order valence-electron chi connectivity index (χ2n) is 4.03. The van der Waals surface area contributed by atoms with Crippen LogP contribution in [0.5, 0.6) is 5.75 Å². The van der Waals surface area contributed by atoms with Gasteiger partial charge in [-0.1, -0.05) is 6.07 Å². The lowest BCUT2D eigenvalue weighted by Gasteiger charge is -2.10. The summed E-state index contributed by atoms with van der Waals surface area (Å²) in [5.74, 6) is -2.02. The molecule has 21 heavy (non-hydrogen) atoms. The number of alkyl halides is 3. The zero-order valence-electron chi connectivity index (χ0n) is 10.9. The van der Waals surface area contributed by atoms with Crippen molar-refractivity contribution in [1.29, 1.82) is 0 Å². The molecule has 0 heterocycles. The molecule has 1 aromatic carbocycles. The Balaban J connectivity index is 2.80. The molecule has 0 aliphatic carbocycles. The number of rotatable bonds is 5. The van der Waals surface area contributed by atoms with Crippen molar-refractivity contribution in [3.8, 4) is 5.75 Å². The summed E-state index contributed by atoms with van der Waals surface area (Å²) < 4.78 is 63.5. The average molecular weight is 326 g/mol. The molecule has 1 rings (SSSR count). The minimum Gasteiger partial charge on any atom is -0.495 e. The van der Waals surface area contributed by atoms with E-state index in [9.17, 15) is 26.4 Å². The molecule has 0 saturated heterocycles. The van der Waals surface area contributed by atoms with Crippen LogP contribution in [0.15, 0.2) is 23.1 Å². The van der Waals surface area contributed by atoms with Crippen molar-refractivity contribution in [2.75, 3.05) is 13.7 Å². The Bertz CT molecular complexity index is 629. The number of primary sulfonamides is 1. The molecule has 0 aromatic heterocycles. The summed E-state index contributed by atoms with van der Waals surface area (Å²) in [5, 5.41) is 6.69. The summed E-state index contributed by atoms with van der Waals surface area (Å²) in [5.41, 5.74) is 0.391. The number of methoxy groups -OCH3 is 1. The van der Waals surface area contributed by atoms with Crippen LogP contribution in [0.4, 0.5) is 13.2 Å². The van der Waals surface area contributed by atoms with Crippen molar-refractivity contribution in [3.63, 3.8) is 0 Å². The van der Waals surface area contributed by atoms with Crippen molar-refractivity contribution in [2.45, 2.75) is 17.5 Å². The normalized spacial score (nSPS) is 12.0. The third kappa shape index (κ3) is 4.90. The molecule has 0 unspecified atom stereocenters. The van der Waals surface area contributed by atoms with E-state index in [-0.39, 0.29) is 23.6 Å². The SMILES string of the molecule is COc1ccc(CCNC(=O)C(F)(F)F)cc1S(N)(=O)=O. The molecule has 118 valence electrons. The highest BCUT2D eigenvalue weighted by atomic mass is 32.2. The zero-order chi connectivity index (χ0) is 16.3. The molecule has 0 radical (unpaired) electrons. The molecule has 0 bridgehead atoms. The lowest BCUT2D eigenvalue weighted by Crippen LogP contribution is -2.37. The molecule has 0 atom stereocenters. The molecule has 1 amide bonds. The fraction of sp³-hybridized carbons (Fsp3) is 0.364. The standard InChI is InChI=1S/C11H13F3N2O4S/c1-20-8-3-2-7(6-9(8)21(15,18)19)4-5-16-10(17)11(12,13)14/h2-3,6H,4-5H2,1H3,(H,16,17)(H2,15,18,19). The topological polar surface area (TPSA) is 98.5 Å². The van der Waals surface area contributed by atoms with E-state index < -0.39 is 22.1 Å². The van der Waals surface area contributed by atoms with Crippen LogP contribution in [-0.4, -0.2) is 34.2 Å². The molecular formula is C11H13F3N2O4S. The molecule has 3 N–H and O–H groups in total. The van der Waals surface area contributed by atoms with E-state index in [1.165, 1.54) is 25.3 Å². The van der Waals surface area contributed by atoms with Crippen LogP contribution in [0, 0.1) is 0 Å². The van der Waals surface area contributed by atoms with Gasteiger partial charge in [0.05, 0.1) is 7.11 Å². The first-order chi connectivity index (χ1) is 9.55. The van der Waals surface area contributed by atoms with Crippen LogP contribution in [0.1, 0.15) is 5.56 Å². The van der Waals surface area contributed by atoms with Crippen molar-refractivity contribution in [3.05, 3.63) is 23.8 Å². The van der Waals surface area contributed by atoms with Gasteiger partial charge in [-0.2, -0.15) is 13.2 Å². The minimum absolute atomic E-state index is 0.00827. The molecule has 0 aliphatic rings. The number of nitrogens with two attached hydrogens (primary N) is 1. The summed E-state index contributed by atoms with van der Waals surface area (Å²) in [6, 6.07) is 3.99. The highest BCUT2D eigenvalue weighted by molar-refractivity contribution is 7.89. The van der Waals surface area contributed by atoms with E-state index in [1.807, 2.05) is 0 Å². The average Bonchev–Trinajstić information content (AvgIpc) is 2.36. The molecular weight excluding hydrogens is 313 g/mol. The summed E-state index contributed by atoms with van der Waals surface area (Å²) in [4.78, 5) is 10.3. The minimum atomic E-state index is -4.95. The number of halogens is 3. The predicted octanol–water partition coefficient (Wildman–Crippen LogP) is 0.564. The first-order valence-corrected chi connectivity index (χ1v) is 7.15. The van der Waals surface area contributed by atoms with E-state index in [2.05, 4.69) is 0 Å². The number of carbonyl (C=O) groups is 1. The van der Waals surface area contributed by atoms with Crippen molar-refractivity contribution in [1.82, 2.24) is 5.32 Å². The van der Waals surface area contributed by atoms with E-state index in [0.29, 0.717) is 5.56 Å². The molecule has 0 spiro atoms. The summed E-state index contributed by atoms with van der Waals surface area (Å²) in [6.45, 7) is -0.297. The Kier molecular flexibility index (Phi) is 5.18. The third-order valence-corrected chi connectivity index (χ3v) is 3.42. The van der Waals surface area contributed by atoms with Crippen LogP contribution in [0.3, 0.4) is 0 Å². The summed E-state index contributed by atoms with van der Waals surface area (Å²) in [6.07, 6.45) is -4.94. The summed E-state index contributed by atoms with van der Waals surface area (Å²) >= 11 is 0. The van der Waals surface area contributed by atoms with Gasteiger partial charge in [0, 0.05) is 6.54 Å². The largest absolute Gasteiger partial charge is 0.495 e. The van der Waals surface area contributed by atoms with Gasteiger partial charge in [-0.25, -0.2) is 13.6 Å². The van der Waals surface area contributed by atoms with Gasteiger partial charge in [0.2, 0.25) is 10.0 Å². The van der Waals surface area contributed by atoms with Gasteiger partial charge >= 0.3 is 12.1 Å². The van der Waals surface area contributed by atoms with Crippen LogP contribution < -0.4 is 15.2 Å². The van der Waals surface area contributed by atoms with Crippen molar-refractivity contribution < 1.29 is 31.1 Å². The number of hydrogen-bond donors (Lipinski definition) is 2. The van der Waals surface area contributed by atoms with Crippen LogP contribution in [-0.2, 0) is 21.2 Å². The maximum absolute atomic E-state index is 12.0. The van der Waals surface area contributed by atoms with E-state index in [4.69, 9.17) is 9.88 Å². The van der Waals surface area contributed by atoms with E-state index in [0.717, 1.165) is 0 Å². The molecule has 0 fully saturated rings. The number of amides is 1. The fourth-order valence-electron chi connectivity index (χ4n) is 1.52. The van der Waals surface area contributed by atoms with Gasteiger partial charge in [-0.15, -0.1) is 0 Å².